The van der Waals surface area contributed by atoms with Crippen LogP contribution in [0.2, 0.25) is 0 Å². The van der Waals surface area contributed by atoms with Gasteiger partial charge in [-0.3, -0.25) is 0 Å². The van der Waals surface area contributed by atoms with Gasteiger partial charge in [0, 0.05) is 12.1 Å². The van der Waals surface area contributed by atoms with E-state index in [0.717, 1.165) is 31.7 Å². The van der Waals surface area contributed by atoms with Crippen molar-refractivity contribution < 1.29 is 8.42 Å². The van der Waals surface area contributed by atoms with E-state index < -0.39 is 10.0 Å². The van der Waals surface area contributed by atoms with Gasteiger partial charge in [0.25, 0.3) is 0 Å². The molecule has 19 heavy (non-hydrogen) atoms. The summed E-state index contributed by atoms with van der Waals surface area (Å²) in [5, 5.41) is 3.24. The number of hydrogen-bond acceptors (Lipinski definition) is 3. The second-order valence-electron chi connectivity index (χ2n) is 6.36. The minimum Gasteiger partial charge on any atom is -0.314 e. The largest absolute Gasteiger partial charge is 0.314 e. The first-order chi connectivity index (χ1) is 8.80. The molecule has 5 heteroatoms. The molecule has 2 N–H and O–H groups in total. The first-order valence-corrected chi connectivity index (χ1v) is 9.19. The lowest BCUT2D eigenvalue weighted by atomic mass is 9.79. The van der Waals surface area contributed by atoms with Crippen LogP contribution >= 0.6 is 0 Å². The summed E-state index contributed by atoms with van der Waals surface area (Å²) < 4.78 is 26.9. The first kappa shape index (κ1) is 16.9. The molecular formula is C14H30N2O2S. The van der Waals surface area contributed by atoms with Gasteiger partial charge in [-0.25, -0.2) is 13.1 Å². The second kappa shape index (κ2) is 7.60. The summed E-state index contributed by atoms with van der Waals surface area (Å²) in [4.78, 5) is 0. The van der Waals surface area contributed by atoms with Crippen LogP contribution in [0.5, 0.6) is 0 Å². The van der Waals surface area contributed by atoms with Crippen LogP contribution in [0.15, 0.2) is 0 Å². The third-order valence-electron chi connectivity index (χ3n) is 4.09. The molecule has 4 nitrogen and oxygen atoms in total. The molecule has 0 bridgehead atoms. The predicted octanol–water partition coefficient (Wildman–Crippen LogP) is 2.12. The molecule has 0 aliphatic heterocycles. The molecule has 1 saturated carbocycles. The maximum atomic E-state index is 12.0. The van der Waals surface area contributed by atoms with Crippen molar-refractivity contribution in [2.75, 3.05) is 12.3 Å². The topological polar surface area (TPSA) is 58.2 Å². The Kier molecular flexibility index (Phi) is 6.77. The molecule has 114 valence electrons. The maximum absolute atomic E-state index is 12.0. The van der Waals surface area contributed by atoms with Crippen LogP contribution in [0.3, 0.4) is 0 Å². The quantitative estimate of drug-likeness (QED) is 0.706. The monoisotopic (exact) mass is 290 g/mol. The molecule has 0 amide bonds. The van der Waals surface area contributed by atoms with Crippen LogP contribution < -0.4 is 10.0 Å². The SMILES string of the molecule is CC(C)NCCCS(=O)(=O)NC1CCC(C)C(C)C1. The lowest BCUT2D eigenvalue weighted by Crippen LogP contribution is -2.41. The Balaban J connectivity index is 2.30. The van der Waals surface area contributed by atoms with E-state index in [1.54, 1.807) is 0 Å². The molecule has 0 saturated heterocycles. The van der Waals surface area contributed by atoms with Crippen molar-refractivity contribution in [3.63, 3.8) is 0 Å². The fourth-order valence-corrected chi connectivity index (χ4v) is 3.98. The van der Waals surface area contributed by atoms with Gasteiger partial charge in [-0.15, -0.1) is 0 Å². The van der Waals surface area contributed by atoms with Crippen LogP contribution in [0.4, 0.5) is 0 Å². The fourth-order valence-electron chi connectivity index (χ4n) is 2.62. The smallest absolute Gasteiger partial charge is 0.211 e. The van der Waals surface area contributed by atoms with Gasteiger partial charge in [-0.2, -0.15) is 0 Å². The van der Waals surface area contributed by atoms with Gasteiger partial charge in [0.05, 0.1) is 5.75 Å². The number of hydrogen-bond donors (Lipinski definition) is 2. The molecule has 0 spiro atoms. The van der Waals surface area contributed by atoms with Crippen molar-refractivity contribution in [1.29, 1.82) is 0 Å². The highest BCUT2D eigenvalue weighted by Gasteiger charge is 2.27. The maximum Gasteiger partial charge on any atom is 0.211 e. The first-order valence-electron chi connectivity index (χ1n) is 7.53. The van der Waals surface area contributed by atoms with Crippen molar-refractivity contribution in [2.45, 2.75) is 65.5 Å². The Labute approximate surface area is 118 Å². The van der Waals surface area contributed by atoms with E-state index in [9.17, 15) is 8.42 Å². The second-order valence-corrected chi connectivity index (χ2v) is 8.24. The minimum atomic E-state index is -3.11. The minimum absolute atomic E-state index is 0.147. The average Bonchev–Trinajstić information content (AvgIpc) is 2.29. The van der Waals surface area contributed by atoms with Crippen molar-refractivity contribution in [3.8, 4) is 0 Å². The molecule has 0 radical (unpaired) electrons. The summed E-state index contributed by atoms with van der Waals surface area (Å²) >= 11 is 0. The fraction of sp³-hybridized carbons (Fsp3) is 1.00. The molecule has 3 unspecified atom stereocenters. The molecular weight excluding hydrogens is 260 g/mol. The van der Waals surface area contributed by atoms with E-state index in [0.29, 0.717) is 18.4 Å². The molecule has 0 aromatic rings. The summed E-state index contributed by atoms with van der Waals surface area (Å²) in [6.07, 6.45) is 3.76. The van der Waals surface area contributed by atoms with Gasteiger partial charge < -0.3 is 5.32 Å². The van der Waals surface area contributed by atoms with Crippen LogP contribution in [-0.2, 0) is 10.0 Å². The van der Waals surface area contributed by atoms with Gasteiger partial charge in [-0.05, 0) is 44.1 Å². The van der Waals surface area contributed by atoms with Gasteiger partial charge in [0.1, 0.15) is 0 Å². The van der Waals surface area contributed by atoms with Crippen molar-refractivity contribution in [3.05, 3.63) is 0 Å². The van der Waals surface area contributed by atoms with Crippen LogP contribution in [0, 0.1) is 11.8 Å². The van der Waals surface area contributed by atoms with Gasteiger partial charge in [-0.1, -0.05) is 27.7 Å². The van der Waals surface area contributed by atoms with E-state index in [1.165, 1.54) is 0 Å². The third-order valence-corrected chi connectivity index (χ3v) is 5.61. The molecule has 0 heterocycles. The average molecular weight is 290 g/mol. The molecule has 1 aliphatic carbocycles. The Morgan fingerprint density at radius 3 is 2.42 bits per heavy atom. The van der Waals surface area contributed by atoms with Crippen LogP contribution in [-0.4, -0.2) is 32.8 Å². The normalized spacial score (nSPS) is 28.8. The molecule has 3 atom stereocenters. The Bertz CT molecular complexity index is 354. The van der Waals surface area contributed by atoms with Gasteiger partial charge >= 0.3 is 0 Å². The van der Waals surface area contributed by atoms with E-state index in [-0.39, 0.29) is 11.8 Å². The summed E-state index contributed by atoms with van der Waals surface area (Å²) in [5.41, 5.74) is 0. The van der Waals surface area contributed by atoms with E-state index >= 15 is 0 Å². The third kappa shape index (κ3) is 6.72. The summed E-state index contributed by atoms with van der Waals surface area (Å²) in [5.74, 6) is 1.56. The van der Waals surface area contributed by atoms with Crippen LogP contribution in [0.25, 0.3) is 0 Å². The molecule has 1 aliphatic rings. The Morgan fingerprint density at radius 2 is 1.84 bits per heavy atom. The Hall–Kier alpha value is -0.130. The lowest BCUT2D eigenvalue weighted by molar-refractivity contribution is 0.242. The number of rotatable bonds is 7. The van der Waals surface area contributed by atoms with Gasteiger partial charge in [0.15, 0.2) is 0 Å². The van der Waals surface area contributed by atoms with E-state index in [2.05, 4.69) is 37.7 Å². The zero-order chi connectivity index (χ0) is 14.5. The van der Waals surface area contributed by atoms with Crippen molar-refractivity contribution >= 4 is 10.0 Å². The zero-order valence-electron chi connectivity index (χ0n) is 12.8. The van der Waals surface area contributed by atoms with E-state index in [1.807, 2.05) is 0 Å². The highest BCUT2D eigenvalue weighted by atomic mass is 32.2. The highest BCUT2D eigenvalue weighted by Crippen LogP contribution is 2.29. The number of sulfonamides is 1. The zero-order valence-corrected chi connectivity index (χ0v) is 13.6. The van der Waals surface area contributed by atoms with Crippen molar-refractivity contribution in [2.24, 2.45) is 11.8 Å². The molecule has 1 rings (SSSR count). The number of nitrogens with one attached hydrogen (secondary N) is 2. The lowest BCUT2D eigenvalue weighted by Gasteiger charge is -2.32. The standard InChI is InChI=1S/C14H30N2O2S/c1-11(2)15-8-5-9-19(17,18)16-14-7-6-12(3)13(4)10-14/h11-16H,5-10H2,1-4H3. The van der Waals surface area contributed by atoms with Crippen molar-refractivity contribution in [1.82, 2.24) is 10.0 Å². The molecule has 1 fully saturated rings. The molecule has 0 aromatic carbocycles. The summed E-state index contributed by atoms with van der Waals surface area (Å²) in [7, 11) is -3.11. The summed E-state index contributed by atoms with van der Waals surface area (Å²) in [6.45, 7) is 9.37. The van der Waals surface area contributed by atoms with Crippen LogP contribution in [0.1, 0.15) is 53.4 Å². The highest BCUT2D eigenvalue weighted by molar-refractivity contribution is 7.89. The van der Waals surface area contributed by atoms with E-state index in [4.69, 9.17) is 0 Å². The Morgan fingerprint density at radius 1 is 1.16 bits per heavy atom. The summed E-state index contributed by atoms with van der Waals surface area (Å²) in [6, 6.07) is 0.561. The molecule has 0 aromatic heterocycles. The predicted molar refractivity (Wildman–Crippen MR) is 80.6 cm³/mol. The van der Waals surface area contributed by atoms with Gasteiger partial charge in [0.2, 0.25) is 10.0 Å².